The van der Waals surface area contributed by atoms with E-state index in [1.807, 2.05) is 42.5 Å². The molecule has 1 aliphatic heterocycles. The molecular formula is C21H23N3O2. The Morgan fingerprint density at radius 3 is 2.58 bits per heavy atom. The van der Waals surface area contributed by atoms with Crippen LogP contribution in [0, 0.1) is 0 Å². The normalized spacial score (nSPS) is 16.6. The van der Waals surface area contributed by atoms with Crippen LogP contribution in [0.4, 0.5) is 5.69 Å². The highest BCUT2D eigenvalue weighted by Crippen LogP contribution is 2.31. The van der Waals surface area contributed by atoms with Crippen molar-refractivity contribution in [1.82, 2.24) is 9.88 Å². The lowest BCUT2D eigenvalue weighted by Crippen LogP contribution is -2.46. The molecule has 5 heteroatoms. The van der Waals surface area contributed by atoms with Crippen LogP contribution < -0.4 is 4.90 Å². The van der Waals surface area contributed by atoms with Crippen LogP contribution in [0.2, 0.25) is 0 Å². The highest BCUT2D eigenvalue weighted by atomic mass is 16.3. The fourth-order valence-corrected chi connectivity index (χ4v) is 3.49. The van der Waals surface area contributed by atoms with Gasteiger partial charge in [-0.2, -0.15) is 0 Å². The Kier molecular flexibility index (Phi) is 5.00. The van der Waals surface area contributed by atoms with Crippen LogP contribution in [-0.4, -0.2) is 41.2 Å². The van der Waals surface area contributed by atoms with Crippen molar-refractivity contribution < 1.29 is 9.52 Å². The predicted octanol–water partition coefficient (Wildman–Crippen LogP) is 3.08. The molecule has 3 aromatic rings. The summed E-state index contributed by atoms with van der Waals surface area (Å²) >= 11 is 0. The van der Waals surface area contributed by atoms with E-state index < -0.39 is 6.10 Å². The Morgan fingerprint density at radius 2 is 1.85 bits per heavy atom. The summed E-state index contributed by atoms with van der Waals surface area (Å²) in [6.45, 7) is 4.64. The minimum Gasteiger partial charge on any atom is -0.468 e. The molecule has 134 valence electrons. The Labute approximate surface area is 153 Å². The van der Waals surface area contributed by atoms with E-state index in [0.29, 0.717) is 0 Å². The first-order valence-electron chi connectivity index (χ1n) is 8.98. The molecule has 0 saturated carbocycles. The van der Waals surface area contributed by atoms with Crippen LogP contribution in [0.3, 0.4) is 0 Å². The molecule has 1 N–H and O–H groups in total. The number of aliphatic hydroxyl groups is 1. The van der Waals surface area contributed by atoms with E-state index >= 15 is 0 Å². The summed E-state index contributed by atoms with van der Waals surface area (Å²) in [7, 11) is 0. The summed E-state index contributed by atoms with van der Waals surface area (Å²) in [5.74, 6) is 1.01. The number of para-hydroxylation sites is 1. The van der Waals surface area contributed by atoms with E-state index in [1.165, 1.54) is 0 Å². The first-order valence-corrected chi connectivity index (χ1v) is 8.98. The van der Waals surface area contributed by atoms with Gasteiger partial charge in [0.05, 0.1) is 12.8 Å². The predicted molar refractivity (Wildman–Crippen MR) is 101 cm³/mol. The lowest BCUT2D eigenvalue weighted by atomic mass is 10.0. The second-order valence-electron chi connectivity index (χ2n) is 6.59. The Morgan fingerprint density at radius 1 is 1.00 bits per heavy atom. The maximum atomic E-state index is 10.8. The molecule has 1 saturated heterocycles. The molecule has 4 rings (SSSR count). The topological polar surface area (TPSA) is 52.7 Å². The third kappa shape index (κ3) is 3.64. The average molecular weight is 349 g/mol. The van der Waals surface area contributed by atoms with Gasteiger partial charge in [-0.05, 0) is 24.3 Å². The lowest BCUT2D eigenvalue weighted by molar-refractivity contribution is 0.217. The third-order valence-corrected chi connectivity index (χ3v) is 4.90. The summed E-state index contributed by atoms with van der Waals surface area (Å²) in [5.41, 5.74) is 2.85. The van der Waals surface area contributed by atoms with Crippen molar-refractivity contribution in [2.75, 3.05) is 31.1 Å². The zero-order valence-corrected chi connectivity index (χ0v) is 14.7. The summed E-state index contributed by atoms with van der Waals surface area (Å²) in [6.07, 6.45) is 4.51. The SMILES string of the molecule is OC(c1cccnc1)c1ccccc1N1CCN(Cc2ccco2)CC1. The number of piperazine rings is 1. The molecule has 3 heterocycles. The van der Waals surface area contributed by atoms with Crippen molar-refractivity contribution >= 4 is 5.69 Å². The third-order valence-electron chi connectivity index (χ3n) is 4.90. The molecule has 0 radical (unpaired) electrons. The van der Waals surface area contributed by atoms with Gasteiger partial charge >= 0.3 is 0 Å². The first kappa shape index (κ1) is 16.8. The van der Waals surface area contributed by atoms with Crippen LogP contribution in [-0.2, 0) is 6.54 Å². The molecule has 0 aliphatic carbocycles. The van der Waals surface area contributed by atoms with Gasteiger partial charge in [-0.25, -0.2) is 0 Å². The maximum Gasteiger partial charge on any atom is 0.117 e. The second kappa shape index (κ2) is 7.72. The number of benzene rings is 1. The molecule has 0 spiro atoms. The number of aliphatic hydroxyl groups excluding tert-OH is 1. The molecular weight excluding hydrogens is 326 g/mol. The second-order valence-corrected chi connectivity index (χ2v) is 6.59. The Hall–Kier alpha value is -2.63. The molecule has 1 aliphatic rings. The first-order chi connectivity index (χ1) is 12.8. The summed E-state index contributed by atoms with van der Waals surface area (Å²) in [6, 6.07) is 15.8. The van der Waals surface area contributed by atoms with E-state index in [1.54, 1.807) is 18.7 Å². The molecule has 26 heavy (non-hydrogen) atoms. The number of furan rings is 1. The molecule has 0 amide bonds. The van der Waals surface area contributed by atoms with Crippen molar-refractivity contribution in [3.8, 4) is 0 Å². The van der Waals surface area contributed by atoms with Crippen molar-refractivity contribution in [2.45, 2.75) is 12.6 Å². The number of hydrogen-bond donors (Lipinski definition) is 1. The number of aromatic nitrogens is 1. The minimum atomic E-state index is -0.666. The number of anilines is 1. The van der Waals surface area contributed by atoms with Gasteiger partial charge in [-0.15, -0.1) is 0 Å². The highest BCUT2D eigenvalue weighted by Gasteiger charge is 2.22. The number of rotatable bonds is 5. The largest absolute Gasteiger partial charge is 0.468 e. The number of pyridine rings is 1. The number of hydrogen-bond acceptors (Lipinski definition) is 5. The zero-order valence-electron chi connectivity index (χ0n) is 14.7. The van der Waals surface area contributed by atoms with Crippen molar-refractivity contribution in [3.05, 3.63) is 84.1 Å². The minimum absolute atomic E-state index is 0.666. The Bertz CT molecular complexity index is 812. The molecule has 1 aromatic carbocycles. The van der Waals surface area contributed by atoms with Gasteiger partial charge in [0, 0.05) is 55.4 Å². The van der Waals surface area contributed by atoms with Crippen molar-refractivity contribution in [3.63, 3.8) is 0 Å². The molecule has 5 nitrogen and oxygen atoms in total. The van der Waals surface area contributed by atoms with Gasteiger partial charge in [0.15, 0.2) is 0 Å². The van der Waals surface area contributed by atoms with Gasteiger partial charge in [0.2, 0.25) is 0 Å². The monoisotopic (exact) mass is 349 g/mol. The summed E-state index contributed by atoms with van der Waals surface area (Å²) in [5, 5.41) is 10.8. The fraction of sp³-hybridized carbons (Fsp3) is 0.286. The van der Waals surface area contributed by atoms with Crippen LogP contribution in [0.15, 0.2) is 71.6 Å². The Balaban J connectivity index is 1.47. The van der Waals surface area contributed by atoms with Gasteiger partial charge in [0.25, 0.3) is 0 Å². The lowest BCUT2D eigenvalue weighted by Gasteiger charge is -2.37. The molecule has 2 aromatic heterocycles. The van der Waals surface area contributed by atoms with E-state index in [4.69, 9.17) is 4.42 Å². The van der Waals surface area contributed by atoms with Crippen molar-refractivity contribution in [2.24, 2.45) is 0 Å². The summed E-state index contributed by atoms with van der Waals surface area (Å²) < 4.78 is 5.45. The quantitative estimate of drug-likeness (QED) is 0.767. The van der Waals surface area contributed by atoms with Gasteiger partial charge in [-0.1, -0.05) is 24.3 Å². The van der Waals surface area contributed by atoms with Gasteiger partial charge in [-0.3, -0.25) is 9.88 Å². The van der Waals surface area contributed by atoms with Gasteiger partial charge < -0.3 is 14.4 Å². The van der Waals surface area contributed by atoms with Crippen LogP contribution in [0.25, 0.3) is 0 Å². The maximum absolute atomic E-state index is 10.8. The molecule has 0 bridgehead atoms. The zero-order chi connectivity index (χ0) is 17.8. The highest BCUT2D eigenvalue weighted by molar-refractivity contribution is 5.56. The van der Waals surface area contributed by atoms with Gasteiger partial charge in [0.1, 0.15) is 11.9 Å². The van der Waals surface area contributed by atoms with E-state index in [-0.39, 0.29) is 0 Å². The smallest absolute Gasteiger partial charge is 0.117 e. The van der Waals surface area contributed by atoms with Crippen LogP contribution in [0.1, 0.15) is 23.0 Å². The fourth-order valence-electron chi connectivity index (χ4n) is 3.49. The van der Waals surface area contributed by atoms with E-state index in [9.17, 15) is 5.11 Å². The molecule has 1 unspecified atom stereocenters. The van der Waals surface area contributed by atoms with Crippen LogP contribution >= 0.6 is 0 Å². The van der Waals surface area contributed by atoms with Crippen molar-refractivity contribution in [1.29, 1.82) is 0 Å². The van der Waals surface area contributed by atoms with E-state index in [2.05, 4.69) is 20.9 Å². The average Bonchev–Trinajstić information content (AvgIpc) is 3.22. The standard InChI is InChI=1S/C21H23N3O2/c25-21(17-5-3-9-22-15-17)19-7-1-2-8-20(19)24-12-10-23(11-13-24)16-18-6-4-14-26-18/h1-9,14-15,21,25H,10-13,16H2. The molecule has 1 fully saturated rings. The van der Waals surface area contributed by atoms with Crippen LogP contribution in [0.5, 0.6) is 0 Å². The summed E-state index contributed by atoms with van der Waals surface area (Å²) in [4.78, 5) is 8.88. The number of nitrogens with zero attached hydrogens (tertiary/aromatic N) is 3. The van der Waals surface area contributed by atoms with E-state index in [0.717, 1.165) is 55.3 Å². The molecule has 1 atom stereocenters.